The molecule has 0 bridgehead atoms. The minimum absolute atomic E-state index is 0.0103. The van der Waals surface area contributed by atoms with E-state index in [0.717, 1.165) is 32.1 Å². The molecule has 0 radical (unpaired) electrons. The first-order valence-corrected chi connectivity index (χ1v) is 10.9. The summed E-state index contributed by atoms with van der Waals surface area (Å²) in [5.74, 6) is -0.427. The third kappa shape index (κ3) is 5.90. The van der Waals surface area contributed by atoms with Gasteiger partial charge in [0.2, 0.25) is 5.91 Å². The second-order valence-electron chi connectivity index (χ2n) is 7.86. The molecule has 1 aliphatic heterocycles. The van der Waals surface area contributed by atoms with Gasteiger partial charge in [0, 0.05) is 38.0 Å². The number of aromatic nitrogens is 2. The van der Waals surface area contributed by atoms with Gasteiger partial charge in [-0.3, -0.25) is 19.7 Å². The molecule has 166 valence electrons. The number of amides is 2. The van der Waals surface area contributed by atoms with Crippen molar-refractivity contribution in [3.8, 4) is 5.69 Å². The van der Waals surface area contributed by atoms with Crippen molar-refractivity contribution in [1.82, 2.24) is 20.0 Å². The lowest BCUT2D eigenvalue weighted by atomic mass is 9.96. The molecule has 0 saturated carbocycles. The van der Waals surface area contributed by atoms with Gasteiger partial charge in [-0.05, 0) is 31.4 Å². The van der Waals surface area contributed by atoms with Crippen molar-refractivity contribution in [2.24, 2.45) is 5.92 Å². The Bertz CT molecular complexity index is 926. The molecule has 1 fully saturated rings. The summed E-state index contributed by atoms with van der Waals surface area (Å²) in [5.41, 5.74) is 0.722. The number of non-ortho nitro benzene ring substituents is 1. The highest BCUT2D eigenvalue weighted by molar-refractivity contribution is 5.93. The van der Waals surface area contributed by atoms with E-state index in [1.165, 1.54) is 23.2 Å². The number of carbonyl (C=O) groups is 2. The summed E-state index contributed by atoms with van der Waals surface area (Å²) in [6.07, 6.45) is 7.56. The van der Waals surface area contributed by atoms with E-state index < -0.39 is 4.92 Å². The minimum atomic E-state index is -0.470. The maximum absolute atomic E-state index is 12.9. The Hall–Kier alpha value is -3.23. The van der Waals surface area contributed by atoms with Crippen molar-refractivity contribution < 1.29 is 14.5 Å². The lowest BCUT2D eigenvalue weighted by Crippen LogP contribution is -2.45. The minimum Gasteiger partial charge on any atom is -0.356 e. The van der Waals surface area contributed by atoms with Crippen LogP contribution in [0.3, 0.4) is 0 Å². The zero-order chi connectivity index (χ0) is 22.2. The average Bonchev–Trinajstić information content (AvgIpc) is 3.29. The number of likely N-dealkylation sites (tertiary alicyclic amines) is 1. The maximum atomic E-state index is 12.9. The highest BCUT2D eigenvalue weighted by Gasteiger charge is 2.29. The van der Waals surface area contributed by atoms with Crippen molar-refractivity contribution in [1.29, 1.82) is 0 Å². The molecule has 9 nitrogen and oxygen atoms in total. The molecule has 2 aromatic rings. The number of nitrogens with zero attached hydrogens (tertiary/aromatic N) is 4. The molecule has 1 atom stereocenters. The molecule has 1 aromatic carbocycles. The zero-order valence-electron chi connectivity index (χ0n) is 17.8. The first-order chi connectivity index (χ1) is 15.0. The summed E-state index contributed by atoms with van der Waals surface area (Å²) in [4.78, 5) is 37.6. The lowest BCUT2D eigenvalue weighted by molar-refractivity contribution is -0.384. The summed E-state index contributed by atoms with van der Waals surface area (Å²) in [6, 6.07) is 7.67. The van der Waals surface area contributed by atoms with E-state index >= 15 is 0 Å². The molecule has 1 saturated heterocycles. The fourth-order valence-corrected chi connectivity index (χ4v) is 3.78. The normalized spacial score (nSPS) is 16.2. The van der Waals surface area contributed by atoms with E-state index in [4.69, 9.17) is 0 Å². The van der Waals surface area contributed by atoms with Gasteiger partial charge in [0.15, 0.2) is 5.69 Å². The van der Waals surface area contributed by atoms with Crippen LogP contribution in [-0.2, 0) is 4.79 Å². The third-order valence-electron chi connectivity index (χ3n) is 5.52. The van der Waals surface area contributed by atoms with E-state index in [9.17, 15) is 19.7 Å². The van der Waals surface area contributed by atoms with Crippen LogP contribution in [0.5, 0.6) is 0 Å². The van der Waals surface area contributed by atoms with Crippen molar-refractivity contribution >= 4 is 17.5 Å². The number of rotatable bonds is 9. The van der Waals surface area contributed by atoms with E-state index in [-0.39, 0.29) is 29.1 Å². The molecule has 2 amide bonds. The van der Waals surface area contributed by atoms with Crippen LogP contribution in [0.2, 0.25) is 0 Å². The number of benzene rings is 1. The van der Waals surface area contributed by atoms with E-state index in [1.54, 1.807) is 29.3 Å². The van der Waals surface area contributed by atoms with Gasteiger partial charge in [0.05, 0.1) is 16.5 Å². The number of nitro benzene ring substituents is 1. The first-order valence-electron chi connectivity index (χ1n) is 10.9. The summed E-state index contributed by atoms with van der Waals surface area (Å²) in [7, 11) is 0. The van der Waals surface area contributed by atoms with Crippen LogP contribution in [-0.4, -0.2) is 51.1 Å². The van der Waals surface area contributed by atoms with Crippen LogP contribution in [0.15, 0.2) is 36.5 Å². The molecular formula is C22H29N5O4. The Morgan fingerprint density at radius 2 is 2.10 bits per heavy atom. The van der Waals surface area contributed by atoms with E-state index in [1.807, 2.05) is 0 Å². The van der Waals surface area contributed by atoms with Crippen LogP contribution in [0.25, 0.3) is 5.69 Å². The Morgan fingerprint density at radius 1 is 1.26 bits per heavy atom. The second-order valence-corrected chi connectivity index (χ2v) is 7.86. The van der Waals surface area contributed by atoms with Crippen LogP contribution in [0, 0.1) is 16.0 Å². The van der Waals surface area contributed by atoms with Gasteiger partial charge < -0.3 is 10.2 Å². The molecule has 0 aliphatic carbocycles. The number of carbonyl (C=O) groups excluding carboxylic acids is 2. The first kappa shape index (κ1) is 22.5. The number of unbranched alkanes of at least 4 members (excludes halogenated alkanes) is 3. The molecule has 0 spiro atoms. The fraction of sp³-hybridized carbons (Fsp3) is 0.500. The highest BCUT2D eigenvalue weighted by atomic mass is 16.6. The Labute approximate surface area is 181 Å². The summed E-state index contributed by atoms with van der Waals surface area (Å²) >= 11 is 0. The molecule has 2 heterocycles. The van der Waals surface area contributed by atoms with Crippen molar-refractivity contribution in [3.63, 3.8) is 0 Å². The molecular weight excluding hydrogens is 398 g/mol. The number of nitrogens with one attached hydrogen (secondary N) is 1. The van der Waals surface area contributed by atoms with Crippen molar-refractivity contribution in [2.45, 2.75) is 45.4 Å². The predicted molar refractivity (Wildman–Crippen MR) is 116 cm³/mol. The number of nitro groups is 1. The number of piperidine rings is 1. The summed E-state index contributed by atoms with van der Waals surface area (Å²) in [6.45, 7) is 3.79. The van der Waals surface area contributed by atoms with Crippen molar-refractivity contribution in [3.05, 3.63) is 52.3 Å². The Kier molecular flexibility index (Phi) is 7.75. The van der Waals surface area contributed by atoms with E-state index in [0.29, 0.717) is 25.3 Å². The molecule has 1 aliphatic rings. The van der Waals surface area contributed by atoms with Gasteiger partial charge in [-0.2, -0.15) is 5.10 Å². The third-order valence-corrected chi connectivity index (χ3v) is 5.52. The standard InChI is InChI=1S/C22H29N5O4/c1-2-3-4-5-12-23-21(28)17-8-7-13-25(16-17)22(29)20-11-14-26(24-20)18-9-6-10-19(15-18)27(30)31/h6,9-11,14-15,17H,2-5,7-8,12-13,16H2,1H3,(H,23,28). The van der Waals surface area contributed by atoms with Gasteiger partial charge in [-0.1, -0.05) is 32.3 Å². The lowest BCUT2D eigenvalue weighted by Gasteiger charge is -2.31. The average molecular weight is 428 g/mol. The second kappa shape index (κ2) is 10.7. The summed E-state index contributed by atoms with van der Waals surface area (Å²) < 4.78 is 1.45. The Balaban J connectivity index is 1.59. The van der Waals surface area contributed by atoms with Gasteiger partial charge in [-0.15, -0.1) is 0 Å². The van der Waals surface area contributed by atoms with Gasteiger partial charge in [0.1, 0.15) is 0 Å². The predicted octanol–water partition coefficient (Wildman–Crippen LogP) is 3.33. The smallest absolute Gasteiger partial charge is 0.274 e. The van der Waals surface area contributed by atoms with E-state index in [2.05, 4.69) is 17.3 Å². The van der Waals surface area contributed by atoms with Crippen molar-refractivity contribution in [2.75, 3.05) is 19.6 Å². The molecule has 3 rings (SSSR count). The van der Waals surface area contributed by atoms with Crippen LogP contribution >= 0.6 is 0 Å². The summed E-state index contributed by atoms with van der Waals surface area (Å²) in [5, 5.41) is 18.3. The van der Waals surface area contributed by atoms with Gasteiger partial charge >= 0.3 is 0 Å². The maximum Gasteiger partial charge on any atom is 0.274 e. The highest BCUT2D eigenvalue weighted by Crippen LogP contribution is 2.20. The molecule has 31 heavy (non-hydrogen) atoms. The van der Waals surface area contributed by atoms with Gasteiger partial charge in [0.25, 0.3) is 11.6 Å². The Morgan fingerprint density at radius 3 is 2.87 bits per heavy atom. The molecule has 9 heteroatoms. The molecule has 1 unspecified atom stereocenters. The topological polar surface area (TPSA) is 110 Å². The quantitative estimate of drug-likeness (QED) is 0.375. The van der Waals surface area contributed by atoms with Gasteiger partial charge in [-0.25, -0.2) is 4.68 Å². The van der Waals surface area contributed by atoms with Crippen LogP contribution in [0.1, 0.15) is 55.9 Å². The SMILES string of the molecule is CCCCCCNC(=O)C1CCCN(C(=O)c2ccn(-c3cccc([N+](=O)[O-])c3)n2)C1. The number of hydrogen-bond acceptors (Lipinski definition) is 5. The zero-order valence-corrected chi connectivity index (χ0v) is 17.8. The van der Waals surface area contributed by atoms with Crippen LogP contribution < -0.4 is 5.32 Å². The fourth-order valence-electron chi connectivity index (χ4n) is 3.78. The molecule has 1 N–H and O–H groups in total. The molecule has 1 aromatic heterocycles. The monoisotopic (exact) mass is 427 g/mol. The largest absolute Gasteiger partial charge is 0.356 e. The number of hydrogen-bond donors (Lipinski definition) is 1. The van der Waals surface area contributed by atoms with Crippen LogP contribution in [0.4, 0.5) is 5.69 Å².